The molecule has 1 aromatic carbocycles. The third-order valence-electron chi connectivity index (χ3n) is 4.91. The van der Waals surface area contributed by atoms with E-state index in [-0.39, 0.29) is 0 Å². The van der Waals surface area contributed by atoms with Gasteiger partial charge in [0.25, 0.3) is 0 Å². The monoisotopic (exact) mass is 414 g/mol. The quantitative estimate of drug-likeness (QED) is 0.186. The molecule has 0 aromatic heterocycles. The molecule has 8 heteroatoms. The second-order valence-electron chi connectivity index (χ2n) is 7.08. The van der Waals surface area contributed by atoms with Crippen molar-refractivity contribution in [3.8, 4) is 0 Å². The second-order valence-corrected chi connectivity index (χ2v) is 12.8. The molecule has 1 rings (SSSR count). The van der Waals surface area contributed by atoms with Gasteiger partial charge in [0, 0.05) is 0 Å². The van der Waals surface area contributed by atoms with E-state index < -0.39 is 47.4 Å². The van der Waals surface area contributed by atoms with Gasteiger partial charge < -0.3 is 0 Å². The number of rotatable bonds is 10. The molecular formula is C19H28F5O2P. The van der Waals surface area contributed by atoms with Gasteiger partial charge in [0.15, 0.2) is 0 Å². The molecule has 0 aliphatic carbocycles. The Bertz CT molecular complexity index is 629. The predicted octanol–water partition coefficient (Wildman–Crippen LogP) is 6.65. The summed E-state index contributed by atoms with van der Waals surface area (Å²) in [7, 11) is 0. The maximum atomic E-state index is 14.1. The van der Waals surface area contributed by atoms with Crippen LogP contribution in [0.4, 0.5) is 22.0 Å². The van der Waals surface area contributed by atoms with Crippen molar-refractivity contribution in [2.75, 3.05) is 24.6 Å². The van der Waals surface area contributed by atoms with E-state index >= 15 is 0 Å². The molecule has 0 heterocycles. The van der Waals surface area contributed by atoms with Crippen LogP contribution >= 0.6 is 6.83 Å². The Balaban J connectivity index is 3.57. The second kappa shape index (κ2) is 9.31. The van der Waals surface area contributed by atoms with Gasteiger partial charge in [-0.2, -0.15) is 0 Å². The molecule has 0 unspecified atom stereocenters. The number of halogens is 5. The van der Waals surface area contributed by atoms with E-state index in [2.05, 4.69) is 0 Å². The molecule has 2 nitrogen and oxygen atoms in total. The number of hydrogen-bond acceptors (Lipinski definition) is 2. The maximum absolute atomic E-state index is 14.1. The summed E-state index contributed by atoms with van der Waals surface area (Å²) in [6, 6.07) is 0. The molecular weight excluding hydrogens is 386 g/mol. The predicted molar refractivity (Wildman–Crippen MR) is 99.2 cm³/mol. The summed E-state index contributed by atoms with van der Waals surface area (Å²) in [6.07, 6.45) is 5.07. The molecule has 0 saturated heterocycles. The van der Waals surface area contributed by atoms with E-state index in [0.29, 0.717) is 50.3 Å². The van der Waals surface area contributed by atoms with E-state index in [4.69, 9.17) is 4.52 Å². The fourth-order valence-electron chi connectivity index (χ4n) is 4.18. The zero-order valence-electron chi connectivity index (χ0n) is 16.3. The zero-order valence-corrected chi connectivity index (χ0v) is 17.2. The molecule has 156 valence electrons. The van der Waals surface area contributed by atoms with Gasteiger partial charge in [0.2, 0.25) is 0 Å². The molecule has 0 amide bonds. The Hall–Kier alpha value is -1.23. The molecule has 0 fully saturated rings. The van der Waals surface area contributed by atoms with E-state index in [1.165, 1.54) is 0 Å². The van der Waals surface area contributed by atoms with Crippen LogP contribution in [-0.4, -0.2) is 30.6 Å². The number of carbonyl (C=O) groups is 1. The van der Waals surface area contributed by atoms with Gasteiger partial charge in [0.1, 0.15) is 0 Å². The summed E-state index contributed by atoms with van der Waals surface area (Å²) in [5.74, 6) is -12.3. The van der Waals surface area contributed by atoms with Gasteiger partial charge in [-0.05, 0) is 0 Å². The van der Waals surface area contributed by atoms with Gasteiger partial charge in [-0.25, -0.2) is 0 Å². The average molecular weight is 414 g/mol. The minimum atomic E-state index is -3.20. The van der Waals surface area contributed by atoms with Crippen molar-refractivity contribution in [2.45, 2.75) is 53.4 Å². The van der Waals surface area contributed by atoms with Crippen LogP contribution in [0.2, 0.25) is 0 Å². The SMILES string of the molecule is CCCP(CCC)(CCC)(CCC)OC(=O)c1c(F)c(F)c(F)c(F)c1F. The molecule has 0 atom stereocenters. The van der Waals surface area contributed by atoms with Crippen LogP contribution in [0.15, 0.2) is 0 Å². The summed E-state index contributed by atoms with van der Waals surface area (Å²) in [4.78, 5) is 12.7. The first-order valence-corrected chi connectivity index (χ1v) is 12.3. The molecule has 0 saturated carbocycles. The molecule has 27 heavy (non-hydrogen) atoms. The fraction of sp³-hybridized carbons (Fsp3) is 0.632. The Labute approximate surface area is 157 Å². The average Bonchev–Trinajstić information content (AvgIpc) is 2.59. The van der Waals surface area contributed by atoms with Crippen molar-refractivity contribution in [2.24, 2.45) is 0 Å². The zero-order chi connectivity index (χ0) is 20.9. The van der Waals surface area contributed by atoms with Crippen LogP contribution in [0.3, 0.4) is 0 Å². The van der Waals surface area contributed by atoms with Gasteiger partial charge >= 0.3 is 157 Å². The van der Waals surface area contributed by atoms with Crippen LogP contribution in [0.5, 0.6) is 0 Å². The molecule has 0 N–H and O–H groups in total. The van der Waals surface area contributed by atoms with Crippen LogP contribution < -0.4 is 0 Å². The Morgan fingerprint density at radius 3 is 1.26 bits per heavy atom. The third kappa shape index (κ3) is 4.61. The molecule has 0 aliphatic rings. The van der Waals surface area contributed by atoms with E-state index in [0.717, 1.165) is 0 Å². The standard InChI is InChI=1S/C19H28F5O2P/c1-5-9-27(10-6-2,11-7-3,12-8-4)26-19(25)13-14(20)16(22)18(24)17(23)15(13)21/h5-12H2,1-4H3. The molecule has 0 spiro atoms. The van der Waals surface area contributed by atoms with Crippen LogP contribution in [-0.2, 0) is 4.52 Å². The molecule has 0 aliphatic heterocycles. The summed E-state index contributed by atoms with van der Waals surface area (Å²) < 4.78 is 74.4. The van der Waals surface area contributed by atoms with Gasteiger partial charge in [-0.15, -0.1) is 0 Å². The van der Waals surface area contributed by atoms with Gasteiger partial charge in [0.05, 0.1) is 0 Å². The Morgan fingerprint density at radius 1 is 0.667 bits per heavy atom. The summed E-state index contributed by atoms with van der Waals surface area (Å²) in [5.41, 5.74) is -1.50. The van der Waals surface area contributed by atoms with Crippen molar-refractivity contribution in [1.29, 1.82) is 0 Å². The van der Waals surface area contributed by atoms with Gasteiger partial charge in [-0.1, -0.05) is 0 Å². The van der Waals surface area contributed by atoms with Crippen molar-refractivity contribution in [3.05, 3.63) is 34.6 Å². The van der Waals surface area contributed by atoms with Crippen LogP contribution in [0, 0.1) is 29.1 Å². The topological polar surface area (TPSA) is 26.3 Å². The van der Waals surface area contributed by atoms with Crippen molar-refractivity contribution < 1.29 is 31.3 Å². The van der Waals surface area contributed by atoms with Crippen LogP contribution in [0.25, 0.3) is 0 Å². The fourth-order valence-corrected chi connectivity index (χ4v) is 11.0. The van der Waals surface area contributed by atoms with E-state index in [1.807, 2.05) is 27.7 Å². The van der Waals surface area contributed by atoms with Crippen molar-refractivity contribution >= 4 is 12.8 Å². The first-order chi connectivity index (χ1) is 12.6. The molecule has 0 bridgehead atoms. The summed E-state index contributed by atoms with van der Waals surface area (Å²) in [6.45, 7) is 4.50. The Kier molecular flexibility index (Phi) is 8.21. The first-order valence-electron chi connectivity index (χ1n) is 9.38. The van der Waals surface area contributed by atoms with E-state index in [1.54, 1.807) is 0 Å². The summed E-state index contributed by atoms with van der Waals surface area (Å²) in [5, 5.41) is 0. The van der Waals surface area contributed by atoms with Crippen LogP contribution in [0.1, 0.15) is 63.7 Å². The van der Waals surface area contributed by atoms with E-state index in [9.17, 15) is 26.7 Å². The minimum absolute atomic E-state index is 0.572. The van der Waals surface area contributed by atoms with Crippen molar-refractivity contribution in [3.63, 3.8) is 0 Å². The molecule has 1 aromatic rings. The normalized spacial score (nSPS) is 13.3. The third-order valence-corrected chi connectivity index (χ3v) is 11.9. The number of hydrogen-bond donors (Lipinski definition) is 0. The summed E-state index contributed by atoms with van der Waals surface area (Å²) >= 11 is 0. The van der Waals surface area contributed by atoms with Crippen molar-refractivity contribution in [1.82, 2.24) is 0 Å². The van der Waals surface area contributed by atoms with Gasteiger partial charge in [-0.3, -0.25) is 0 Å². The number of benzene rings is 1. The number of carbonyl (C=O) groups excluding carboxylic acids is 1. The molecule has 0 radical (unpaired) electrons. The Morgan fingerprint density at radius 2 is 0.963 bits per heavy atom. The first kappa shape index (κ1) is 23.8.